The summed E-state index contributed by atoms with van der Waals surface area (Å²) >= 11 is 0. The molecule has 7 nitrogen and oxygen atoms in total. The van der Waals surface area contributed by atoms with Gasteiger partial charge in [-0.05, 0) is 45.2 Å². The number of guanidine groups is 1. The van der Waals surface area contributed by atoms with Crippen molar-refractivity contribution < 1.29 is 9.21 Å². The molecule has 3 rings (SSSR count). The molecule has 0 spiro atoms. The molecule has 31 heavy (non-hydrogen) atoms. The van der Waals surface area contributed by atoms with E-state index < -0.39 is 0 Å². The van der Waals surface area contributed by atoms with Gasteiger partial charge in [-0.25, -0.2) is 0 Å². The third-order valence-electron chi connectivity index (χ3n) is 5.58. The Labute approximate surface area is 185 Å². The van der Waals surface area contributed by atoms with E-state index in [-0.39, 0.29) is 5.91 Å². The molecule has 2 heterocycles. The standard InChI is InChI=1S/C24H35N5O2/c1-4-25-24(27-13-8-12-26-23(30)22-18(2)11-14-31-22)28-21-15-19(3)29(17-21)16-20-9-6-5-7-10-20/h5-7,9-11,14,19,21H,4,8,12-13,15-17H2,1-3H3,(H,26,30)(H2,25,27,28). The molecule has 1 fully saturated rings. The number of hydrogen-bond donors (Lipinski definition) is 3. The van der Waals surface area contributed by atoms with Gasteiger partial charge in [0.15, 0.2) is 11.7 Å². The summed E-state index contributed by atoms with van der Waals surface area (Å²) in [5.74, 6) is 1.05. The van der Waals surface area contributed by atoms with Crippen LogP contribution >= 0.6 is 0 Å². The minimum Gasteiger partial charge on any atom is -0.459 e. The highest BCUT2D eigenvalue weighted by atomic mass is 16.3. The fourth-order valence-corrected chi connectivity index (χ4v) is 3.91. The Bertz CT molecular complexity index is 849. The number of furan rings is 1. The first-order chi connectivity index (χ1) is 15.1. The Morgan fingerprint density at radius 1 is 1.23 bits per heavy atom. The first kappa shape index (κ1) is 22.9. The maximum atomic E-state index is 12.1. The van der Waals surface area contributed by atoms with Crippen molar-refractivity contribution in [1.82, 2.24) is 20.9 Å². The summed E-state index contributed by atoms with van der Waals surface area (Å²) in [6.07, 6.45) is 3.40. The van der Waals surface area contributed by atoms with Crippen LogP contribution < -0.4 is 16.0 Å². The summed E-state index contributed by atoms with van der Waals surface area (Å²) in [4.78, 5) is 19.3. The smallest absolute Gasteiger partial charge is 0.287 e. The molecule has 2 atom stereocenters. The summed E-state index contributed by atoms with van der Waals surface area (Å²) < 4.78 is 5.22. The van der Waals surface area contributed by atoms with Gasteiger partial charge in [-0.15, -0.1) is 0 Å². The second-order valence-electron chi connectivity index (χ2n) is 8.14. The van der Waals surface area contributed by atoms with Gasteiger partial charge in [0.1, 0.15) is 0 Å². The van der Waals surface area contributed by atoms with Gasteiger partial charge in [-0.2, -0.15) is 0 Å². The van der Waals surface area contributed by atoms with Crippen molar-refractivity contribution in [3.05, 3.63) is 59.5 Å². The maximum absolute atomic E-state index is 12.1. The molecule has 2 unspecified atom stereocenters. The molecular weight excluding hydrogens is 390 g/mol. The highest BCUT2D eigenvalue weighted by Crippen LogP contribution is 2.20. The molecule has 3 N–H and O–H groups in total. The number of rotatable bonds is 9. The molecular formula is C24H35N5O2. The topological polar surface area (TPSA) is 81.9 Å². The van der Waals surface area contributed by atoms with E-state index >= 15 is 0 Å². The molecule has 1 aromatic heterocycles. The number of aryl methyl sites for hydroxylation is 1. The second-order valence-corrected chi connectivity index (χ2v) is 8.14. The Balaban J connectivity index is 1.43. The molecule has 0 radical (unpaired) electrons. The van der Waals surface area contributed by atoms with Crippen LogP contribution in [0.5, 0.6) is 0 Å². The van der Waals surface area contributed by atoms with Crippen LogP contribution in [0.2, 0.25) is 0 Å². The van der Waals surface area contributed by atoms with Gasteiger partial charge in [0.05, 0.1) is 6.26 Å². The fourth-order valence-electron chi connectivity index (χ4n) is 3.91. The van der Waals surface area contributed by atoms with Crippen molar-refractivity contribution in [1.29, 1.82) is 0 Å². The lowest BCUT2D eigenvalue weighted by molar-refractivity contribution is 0.0925. The lowest BCUT2D eigenvalue weighted by Gasteiger charge is -2.21. The first-order valence-corrected chi connectivity index (χ1v) is 11.2. The average Bonchev–Trinajstić information content (AvgIpc) is 3.33. The lowest BCUT2D eigenvalue weighted by atomic mass is 10.2. The lowest BCUT2D eigenvalue weighted by Crippen LogP contribution is -2.44. The van der Waals surface area contributed by atoms with Gasteiger partial charge in [0.25, 0.3) is 5.91 Å². The molecule has 168 valence electrons. The highest BCUT2D eigenvalue weighted by molar-refractivity contribution is 5.92. The summed E-state index contributed by atoms with van der Waals surface area (Å²) in [6.45, 7) is 10.2. The predicted octanol–water partition coefficient (Wildman–Crippen LogP) is 2.93. The number of nitrogens with zero attached hydrogens (tertiary/aromatic N) is 2. The van der Waals surface area contributed by atoms with Crippen LogP contribution in [0.1, 0.15) is 48.4 Å². The van der Waals surface area contributed by atoms with E-state index in [0.717, 1.165) is 44.0 Å². The highest BCUT2D eigenvalue weighted by Gasteiger charge is 2.29. The summed E-state index contributed by atoms with van der Waals surface area (Å²) in [6, 6.07) is 13.3. The van der Waals surface area contributed by atoms with Gasteiger partial charge in [-0.1, -0.05) is 30.3 Å². The Morgan fingerprint density at radius 2 is 2.03 bits per heavy atom. The van der Waals surface area contributed by atoms with Crippen LogP contribution in [0.15, 0.2) is 52.1 Å². The summed E-state index contributed by atoms with van der Waals surface area (Å²) in [5.41, 5.74) is 2.20. The van der Waals surface area contributed by atoms with E-state index in [1.54, 1.807) is 6.07 Å². The van der Waals surface area contributed by atoms with Crippen molar-refractivity contribution >= 4 is 11.9 Å². The Morgan fingerprint density at radius 3 is 2.74 bits per heavy atom. The van der Waals surface area contributed by atoms with E-state index in [4.69, 9.17) is 4.42 Å². The third-order valence-corrected chi connectivity index (χ3v) is 5.58. The monoisotopic (exact) mass is 425 g/mol. The largest absolute Gasteiger partial charge is 0.459 e. The number of aliphatic imine (C=N–C) groups is 1. The number of benzene rings is 1. The number of amides is 1. The molecule has 2 aromatic rings. The zero-order chi connectivity index (χ0) is 22.1. The van der Waals surface area contributed by atoms with Gasteiger partial charge in [0, 0.05) is 50.4 Å². The van der Waals surface area contributed by atoms with Crippen LogP contribution in [0.25, 0.3) is 0 Å². The summed E-state index contributed by atoms with van der Waals surface area (Å²) in [5, 5.41) is 9.81. The van der Waals surface area contributed by atoms with Crippen molar-refractivity contribution in [2.24, 2.45) is 4.99 Å². The number of carbonyl (C=O) groups excluding carboxylic acids is 1. The number of hydrogen-bond acceptors (Lipinski definition) is 4. The molecule has 0 aliphatic carbocycles. The molecule has 1 amide bonds. The van der Waals surface area contributed by atoms with E-state index in [1.807, 2.05) is 6.92 Å². The zero-order valence-corrected chi connectivity index (χ0v) is 18.9. The molecule has 1 aliphatic heterocycles. The van der Waals surface area contributed by atoms with Crippen LogP contribution in [-0.2, 0) is 6.54 Å². The average molecular weight is 426 g/mol. The number of nitrogens with one attached hydrogen (secondary N) is 3. The van der Waals surface area contributed by atoms with Crippen molar-refractivity contribution in [2.75, 3.05) is 26.2 Å². The molecule has 0 bridgehead atoms. The fraction of sp³-hybridized carbons (Fsp3) is 0.500. The number of carbonyl (C=O) groups is 1. The van der Waals surface area contributed by atoms with E-state index in [0.29, 0.717) is 30.9 Å². The first-order valence-electron chi connectivity index (χ1n) is 11.2. The molecule has 7 heteroatoms. The minimum atomic E-state index is -0.171. The van der Waals surface area contributed by atoms with Gasteiger partial charge >= 0.3 is 0 Å². The zero-order valence-electron chi connectivity index (χ0n) is 18.9. The SMILES string of the molecule is CCNC(=NCCCNC(=O)c1occc1C)NC1CC(C)N(Cc2ccccc2)C1. The molecule has 1 aromatic carbocycles. The van der Waals surface area contributed by atoms with Crippen molar-refractivity contribution in [3.8, 4) is 0 Å². The van der Waals surface area contributed by atoms with Crippen molar-refractivity contribution in [3.63, 3.8) is 0 Å². The van der Waals surface area contributed by atoms with E-state index in [1.165, 1.54) is 11.8 Å². The van der Waals surface area contributed by atoms with Gasteiger partial charge < -0.3 is 20.4 Å². The van der Waals surface area contributed by atoms with Crippen LogP contribution in [0, 0.1) is 6.92 Å². The van der Waals surface area contributed by atoms with E-state index in [9.17, 15) is 4.79 Å². The van der Waals surface area contributed by atoms with Gasteiger partial charge in [0.2, 0.25) is 0 Å². The molecule has 0 saturated carbocycles. The predicted molar refractivity (Wildman–Crippen MR) is 124 cm³/mol. The number of likely N-dealkylation sites (tertiary alicyclic amines) is 1. The van der Waals surface area contributed by atoms with Crippen LogP contribution in [0.4, 0.5) is 0 Å². The van der Waals surface area contributed by atoms with E-state index in [2.05, 4.69) is 70.0 Å². The molecule has 1 saturated heterocycles. The third kappa shape index (κ3) is 6.85. The quantitative estimate of drug-likeness (QED) is 0.327. The second kappa shape index (κ2) is 11.6. The summed E-state index contributed by atoms with van der Waals surface area (Å²) in [7, 11) is 0. The van der Waals surface area contributed by atoms with Crippen LogP contribution in [0.3, 0.4) is 0 Å². The maximum Gasteiger partial charge on any atom is 0.287 e. The van der Waals surface area contributed by atoms with Gasteiger partial charge in [-0.3, -0.25) is 14.7 Å². The Hall–Kier alpha value is -2.80. The molecule has 1 aliphatic rings. The minimum absolute atomic E-state index is 0.171. The van der Waals surface area contributed by atoms with Crippen molar-refractivity contribution in [2.45, 2.75) is 52.2 Å². The van der Waals surface area contributed by atoms with Crippen LogP contribution in [-0.4, -0.2) is 55.0 Å². The normalized spacial score (nSPS) is 19.4. The Kier molecular flexibility index (Phi) is 8.53.